The van der Waals surface area contributed by atoms with E-state index in [0.717, 1.165) is 6.07 Å². The van der Waals surface area contributed by atoms with Crippen LogP contribution in [0, 0.1) is 5.82 Å². The minimum Gasteiger partial charge on any atom is -0.481 e. The maximum absolute atomic E-state index is 13.8. The van der Waals surface area contributed by atoms with Crippen molar-refractivity contribution in [1.82, 2.24) is 25.2 Å². The van der Waals surface area contributed by atoms with Gasteiger partial charge < -0.3 is 15.6 Å². The van der Waals surface area contributed by atoms with Gasteiger partial charge in [-0.15, -0.1) is 22.6 Å². The van der Waals surface area contributed by atoms with Crippen molar-refractivity contribution < 1.29 is 19.0 Å². The summed E-state index contributed by atoms with van der Waals surface area (Å²) in [6, 6.07) is 5.05. The highest BCUT2D eigenvalue weighted by Crippen LogP contribution is 2.33. The van der Waals surface area contributed by atoms with E-state index in [1.54, 1.807) is 6.07 Å². The second-order valence-corrected chi connectivity index (χ2v) is 6.56. The molecule has 0 fully saturated rings. The number of nitrogens with zero attached hydrogens (tertiary/aromatic N) is 5. The highest BCUT2D eigenvalue weighted by molar-refractivity contribution is 6.32. The SMILES string of the molecule is Cl.NC(CC(=O)O)Cn1nnc(-c2ccc(Oc3ncc(Cl)cc3F)c(Cl)c2)n1. The number of nitrogens with two attached hydrogens (primary N) is 1. The van der Waals surface area contributed by atoms with Crippen molar-refractivity contribution in [3.8, 4) is 23.0 Å². The number of halogens is 4. The van der Waals surface area contributed by atoms with Crippen molar-refractivity contribution in [2.75, 3.05) is 0 Å². The average molecular weight is 464 g/mol. The third kappa shape index (κ3) is 5.97. The maximum Gasteiger partial charge on any atom is 0.304 e. The Morgan fingerprint density at radius 3 is 2.76 bits per heavy atom. The number of hydrogen-bond donors (Lipinski definition) is 2. The van der Waals surface area contributed by atoms with Crippen LogP contribution in [0.3, 0.4) is 0 Å². The molecule has 0 saturated heterocycles. The number of carboxylic acid groups (broad SMARTS) is 1. The number of aromatic nitrogens is 5. The van der Waals surface area contributed by atoms with Crippen LogP contribution in [0.25, 0.3) is 11.4 Å². The summed E-state index contributed by atoms with van der Waals surface area (Å²) in [6.07, 6.45) is 1.03. The smallest absolute Gasteiger partial charge is 0.304 e. The van der Waals surface area contributed by atoms with Gasteiger partial charge in [-0.3, -0.25) is 4.79 Å². The Morgan fingerprint density at radius 2 is 2.10 bits per heavy atom. The molecule has 0 aliphatic rings. The Labute approximate surface area is 180 Å². The maximum atomic E-state index is 13.8. The number of tetrazole rings is 1. The lowest BCUT2D eigenvalue weighted by Gasteiger charge is -2.08. The average Bonchev–Trinajstić information content (AvgIpc) is 3.06. The topological polar surface area (TPSA) is 129 Å². The summed E-state index contributed by atoms with van der Waals surface area (Å²) >= 11 is 11.8. The highest BCUT2D eigenvalue weighted by Gasteiger charge is 2.15. The van der Waals surface area contributed by atoms with Gasteiger partial charge in [0.2, 0.25) is 5.82 Å². The number of carboxylic acids is 1. The first-order valence-corrected chi connectivity index (χ1v) is 8.61. The van der Waals surface area contributed by atoms with Crippen LogP contribution >= 0.6 is 35.6 Å². The van der Waals surface area contributed by atoms with Crippen LogP contribution in [-0.2, 0) is 11.3 Å². The second-order valence-electron chi connectivity index (χ2n) is 5.71. The predicted octanol–water partition coefficient (Wildman–Crippen LogP) is 3.20. The van der Waals surface area contributed by atoms with Gasteiger partial charge in [-0.1, -0.05) is 23.2 Å². The zero-order valence-corrected chi connectivity index (χ0v) is 16.8. The molecular weight excluding hydrogens is 450 g/mol. The summed E-state index contributed by atoms with van der Waals surface area (Å²) in [6.45, 7) is 0.0930. The standard InChI is InChI=1S/C16H13Cl2FN6O3.ClH/c17-9-4-12(19)16(21-6-9)28-13-2-1-8(3-11(13)18)15-22-24-25(23-15)7-10(20)5-14(26)27;/h1-4,6,10H,5,7,20H2,(H,26,27);1H. The van der Waals surface area contributed by atoms with E-state index >= 15 is 0 Å². The third-order valence-corrected chi connectivity index (χ3v) is 3.96. The molecule has 1 aromatic carbocycles. The fourth-order valence-electron chi connectivity index (χ4n) is 2.24. The van der Waals surface area contributed by atoms with Crippen molar-refractivity contribution in [3.05, 3.63) is 46.3 Å². The zero-order valence-electron chi connectivity index (χ0n) is 14.5. The fraction of sp³-hybridized carbons (Fsp3) is 0.188. The summed E-state index contributed by atoms with van der Waals surface area (Å²) in [4.78, 5) is 15.6. The van der Waals surface area contributed by atoms with E-state index in [2.05, 4.69) is 20.4 Å². The van der Waals surface area contributed by atoms with Crippen LogP contribution in [0.15, 0.2) is 30.5 Å². The number of pyridine rings is 1. The molecule has 2 aromatic heterocycles. The molecule has 0 radical (unpaired) electrons. The molecule has 0 bridgehead atoms. The predicted molar refractivity (Wildman–Crippen MR) is 105 cm³/mol. The Bertz CT molecular complexity index is 1020. The molecule has 2 heterocycles. The summed E-state index contributed by atoms with van der Waals surface area (Å²) in [5.41, 5.74) is 6.23. The van der Waals surface area contributed by atoms with Gasteiger partial charge in [0, 0.05) is 17.8 Å². The molecule has 154 valence electrons. The first kappa shape index (κ1) is 22.8. The van der Waals surface area contributed by atoms with Gasteiger partial charge in [-0.25, -0.2) is 9.37 Å². The number of carbonyl (C=O) groups is 1. The van der Waals surface area contributed by atoms with E-state index < -0.39 is 17.8 Å². The molecule has 0 spiro atoms. The molecule has 3 N–H and O–H groups in total. The van der Waals surface area contributed by atoms with Crippen LogP contribution in [0.5, 0.6) is 11.6 Å². The van der Waals surface area contributed by atoms with Gasteiger partial charge in [-0.05, 0) is 29.5 Å². The van der Waals surface area contributed by atoms with Crippen LogP contribution in [0.1, 0.15) is 6.42 Å². The first-order chi connectivity index (χ1) is 13.3. The van der Waals surface area contributed by atoms with Crippen molar-refractivity contribution in [2.24, 2.45) is 5.73 Å². The molecule has 1 unspecified atom stereocenters. The molecule has 3 aromatic rings. The molecule has 3 rings (SSSR count). The Kier molecular flexibility index (Phi) is 7.68. The molecule has 9 nitrogen and oxygen atoms in total. The lowest BCUT2D eigenvalue weighted by molar-refractivity contribution is -0.137. The molecule has 13 heteroatoms. The van der Waals surface area contributed by atoms with Crippen molar-refractivity contribution in [3.63, 3.8) is 0 Å². The fourth-order valence-corrected chi connectivity index (χ4v) is 2.60. The van der Waals surface area contributed by atoms with Gasteiger partial charge in [0.25, 0.3) is 5.88 Å². The lowest BCUT2D eigenvalue weighted by Crippen LogP contribution is -2.30. The van der Waals surface area contributed by atoms with Crippen LogP contribution in [-0.4, -0.2) is 42.3 Å². The number of hydrogen-bond acceptors (Lipinski definition) is 7. The van der Waals surface area contributed by atoms with Crippen molar-refractivity contribution >= 4 is 41.6 Å². The van der Waals surface area contributed by atoms with E-state index in [1.165, 1.54) is 23.1 Å². The van der Waals surface area contributed by atoms with E-state index in [9.17, 15) is 9.18 Å². The van der Waals surface area contributed by atoms with Crippen LogP contribution in [0.2, 0.25) is 10.0 Å². The first-order valence-electron chi connectivity index (χ1n) is 7.86. The third-order valence-electron chi connectivity index (χ3n) is 3.46. The van der Waals surface area contributed by atoms with Crippen LogP contribution < -0.4 is 10.5 Å². The Balaban J connectivity index is 0.00000300. The van der Waals surface area contributed by atoms with E-state index in [-0.39, 0.29) is 52.9 Å². The normalized spacial score (nSPS) is 11.6. The van der Waals surface area contributed by atoms with E-state index in [1.807, 2.05) is 0 Å². The van der Waals surface area contributed by atoms with Gasteiger partial charge >= 0.3 is 5.97 Å². The minimum atomic E-state index is -1.01. The highest BCUT2D eigenvalue weighted by atomic mass is 35.5. The zero-order chi connectivity index (χ0) is 20.3. The quantitative estimate of drug-likeness (QED) is 0.546. The number of ether oxygens (including phenoxy) is 1. The Morgan fingerprint density at radius 1 is 1.34 bits per heavy atom. The second kappa shape index (κ2) is 9.79. The van der Waals surface area contributed by atoms with Gasteiger partial charge in [-0.2, -0.15) is 4.80 Å². The molecule has 0 aliphatic carbocycles. The van der Waals surface area contributed by atoms with Gasteiger partial charge in [0.1, 0.15) is 5.75 Å². The van der Waals surface area contributed by atoms with E-state index in [0.29, 0.717) is 5.56 Å². The monoisotopic (exact) mass is 462 g/mol. The number of aliphatic carboxylic acids is 1. The molecule has 1 atom stereocenters. The Hall–Kier alpha value is -2.53. The summed E-state index contributed by atoms with van der Waals surface area (Å²) in [5.74, 6) is -1.57. The van der Waals surface area contributed by atoms with Gasteiger partial charge in [0.15, 0.2) is 5.82 Å². The molecule has 29 heavy (non-hydrogen) atoms. The summed E-state index contributed by atoms with van der Waals surface area (Å²) in [7, 11) is 0. The van der Waals surface area contributed by atoms with Gasteiger partial charge in [0.05, 0.1) is 23.0 Å². The van der Waals surface area contributed by atoms with Crippen LogP contribution in [0.4, 0.5) is 4.39 Å². The van der Waals surface area contributed by atoms with E-state index in [4.69, 9.17) is 38.8 Å². The number of benzene rings is 1. The number of rotatable bonds is 7. The lowest BCUT2D eigenvalue weighted by atomic mass is 10.2. The van der Waals surface area contributed by atoms with Crippen molar-refractivity contribution in [1.29, 1.82) is 0 Å². The molecular formula is C16H14Cl3FN6O3. The molecule has 0 saturated carbocycles. The minimum absolute atomic E-state index is 0. The summed E-state index contributed by atoms with van der Waals surface area (Å²) in [5, 5.41) is 20.9. The van der Waals surface area contributed by atoms with Crippen molar-refractivity contribution in [2.45, 2.75) is 19.0 Å². The molecule has 0 aliphatic heterocycles. The largest absolute Gasteiger partial charge is 0.481 e. The molecule has 0 amide bonds. The summed E-state index contributed by atoms with van der Waals surface area (Å²) < 4.78 is 19.2.